The second-order valence-corrected chi connectivity index (χ2v) is 8.37. The number of piperazine rings is 1. The Morgan fingerprint density at radius 2 is 2.00 bits per heavy atom. The Bertz CT molecular complexity index is 590. The van der Waals surface area contributed by atoms with Crippen LogP contribution in [0.2, 0.25) is 0 Å². The number of aryl methyl sites for hydroxylation is 1. The number of sulfonamides is 1. The van der Waals surface area contributed by atoms with E-state index in [1.807, 2.05) is 19.9 Å². The lowest BCUT2D eigenvalue weighted by Gasteiger charge is -2.31. The molecule has 2 rings (SSSR count). The number of hydrogen-bond acceptors (Lipinski definition) is 3. The number of hydrogen-bond donors (Lipinski definition) is 1. The number of rotatable bonds is 2. The molecule has 0 radical (unpaired) electrons. The summed E-state index contributed by atoms with van der Waals surface area (Å²) in [5, 5.41) is 3.24. The van der Waals surface area contributed by atoms with E-state index in [9.17, 15) is 8.42 Å². The van der Waals surface area contributed by atoms with Crippen LogP contribution in [-0.4, -0.2) is 38.4 Å². The Kier molecular flexibility index (Phi) is 4.72. The molecule has 0 aliphatic carbocycles. The molecule has 0 saturated carbocycles. The van der Waals surface area contributed by atoms with Gasteiger partial charge in [0, 0.05) is 34.6 Å². The zero-order valence-corrected chi connectivity index (χ0v) is 14.8. The Labute approximate surface area is 130 Å². The third-order valence-electron chi connectivity index (χ3n) is 3.16. The smallest absolute Gasteiger partial charge is 0.244 e. The average molecular weight is 412 g/mol. The molecule has 0 amide bonds. The average Bonchev–Trinajstić information content (AvgIpc) is 2.33. The van der Waals surface area contributed by atoms with Gasteiger partial charge in [-0.05, 0) is 47.5 Å². The molecule has 0 spiro atoms. The van der Waals surface area contributed by atoms with Crippen molar-refractivity contribution in [3.05, 3.63) is 26.6 Å². The molecule has 1 fully saturated rings. The molecule has 1 unspecified atom stereocenters. The maximum Gasteiger partial charge on any atom is 0.244 e. The van der Waals surface area contributed by atoms with Gasteiger partial charge in [0.15, 0.2) is 0 Å². The first kappa shape index (κ1) is 15.4. The van der Waals surface area contributed by atoms with E-state index >= 15 is 0 Å². The van der Waals surface area contributed by atoms with E-state index in [1.165, 1.54) is 4.31 Å². The van der Waals surface area contributed by atoms with E-state index in [4.69, 9.17) is 0 Å². The van der Waals surface area contributed by atoms with Crippen LogP contribution in [0, 0.1) is 6.92 Å². The van der Waals surface area contributed by atoms with Crippen LogP contribution in [0.1, 0.15) is 12.5 Å². The largest absolute Gasteiger partial charge is 0.312 e. The monoisotopic (exact) mass is 410 g/mol. The van der Waals surface area contributed by atoms with Crippen molar-refractivity contribution in [3.63, 3.8) is 0 Å². The molecule has 1 aromatic carbocycles. The first-order chi connectivity index (χ1) is 8.82. The summed E-state index contributed by atoms with van der Waals surface area (Å²) in [4.78, 5) is 0.319. The first-order valence-corrected chi connectivity index (χ1v) is 9.04. The summed E-state index contributed by atoms with van der Waals surface area (Å²) < 4.78 is 28.3. The SMILES string of the molecule is Cc1cc(Br)c(S(=O)(=O)N2CCNC(C)C2)cc1Br. The number of nitrogens with zero attached hydrogens (tertiary/aromatic N) is 1. The molecular formula is C12H16Br2N2O2S. The van der Waals surface area contributed by atoms with Gasteiger partial charge in [0.1, 0.15) is 0 Å². The maximum absolute atomic E-state index is 12.7. The summed E-state index contributed by atoms with van der Waals surface area (Å²) in [6.07, 6.45) is 0. The molecule has 1 saturated heterocycles. The molecule has 1 aromatic rings. The van der Waals surface area contributed by atoms with Crippen molar-refractivity contribution >= 4 is 41.9 Å². The van der Waals surface area contributed by atoms with Gasteiger partial charge in [0.05, 0.1) is 4.90 Å². The standard InChI is InChI=1S/C12H16Br2N2O2S/c1-8-5-11(14)12(6-10(8)13)19(17,18)16-4-3-15-9(2)7-16/h5-6,9,15H,3-4,7H2,1-2H3. The van der Waals surface area contributed by atoms with E-state index in [-0.39, 0.29) is 6.04 Å². The van der Waals surface area contributed by atoms with Gasteiger partial charge >= 0.3 is 0 Å². The second-order valence-electron chi connectivity index (χ2n) is 4.75. The number of nitrogens with one attached hydrogen (secondary N) is 1. The first-order valence-electron chi connectivity index (χ1n) is 6.01. The van der Waals surface area contributed by atoms with Gasteiger partial charge < -0.3 is 5.32 Å². The Hall–Kier alpha value is 0.0500. The lowest BCUT2D eigenvalue weighted by molar-refractivity contribution is 0.310. The highest BCUT2D eigenvalue weighted by Crippen LogP contribution is 2.31. The maximum atomic E-state index is 12.7. The Morgan fingerprint density at radius 3 is 2.63 bits per heavy atom. The summed E-state index contributed by atoms with van der Waals surface area (Å²) in [6, 6.07) is 3.67. The van der Waals surface area contributed by atoms with Crippen molar-refractivity contribution in [1.82, 2.24) is 9.62 Å². The van der Waals surface area contributed by atoms with E-state index in [0.29, 0.717) is 29.0 Å². The van der Waals surface area contributed by atoms with Crippen molar-refractivity contribution in [2.24, 2.45) is 0 Å². The lowest BCUT2D eigenvalue weighted by atomic mass is 10.2. The fraction of sp³-hybridized carbons (Fsp3) is 0.500. The van der Waals surface area contributed by atoms with Gasteiger partial charge in [-0.2, -0.15) is 4.31 Å². The predicted octanol–water partition coefficient (Wildman–Crippen LogP) is 2.50. The van der Waals surface area contributed by atoms with Crippen LogP contribution < -0.4 is 5.32 Å². The third kappa shape index (κ3) is 3.21. The molecule has 1 atom stereocenters. The summed E-state index contributed by atoms with van der Waals surface area (Å²) in [7, 11) is -3.45. The van der Waals surface area contributed by atoms with Crippen molar-refractivity contribution in [1.29, 1.82) is 0 Å². The molecule has 106 valence electrons. The highest BCUT2D eigenvalue weighted by molar-refractivity contribution is 9.11. The van der Waals surface area contributed by atoms with Gasteiger partial charge in [-0.15, -0.1) is 0 Å². The molecule has 0 aromatic heterocycles. The van der Waals surface area contributed by atoms with Gasteiger partial charge in [-0.1, -0.05) is 15.9 Å². The topological polar surface area (TPSA) is 49.4 Å². The number of halogens is 2. The fourth-order valence-electron chi connectivity index (χ4n) is 2.08. The summed E-state index contributed by atoms with van der Waals surface area (Å²) in [5.74, 6) is 0. The minimum Gasteiger partial charge on any atom is -0.312 e. The zero-order valence-electron chi connectivity index (χ0n) is 10.8. The second kappa shape index (κ2) is 5.81. The molecule has 1 aliphatic heterocycles. The highest BCUT2D eigenvalue weighted by Gasteiger charge is 2.30. The van der Waals surface area contributed by atoms with E-state index in [1.54, 1.807) is 6.07 Å². The minimum absolute atomic E-state index is 0.177. The zero-order chi connectivity index (χ0) is 14.2. The van der Waals surface area contributed by atoms with Crippen LogP contribution >= 0.6 is 31.9 Å². The normalized spacial score (nSPS) is 21.6. The van der Waals surface area contributed by atoms with Crippen molar-refractivity contribution in [3.8, 4) is 0 Å². The Morgan fingerprint density at radius 1 is 1.32 bits per heavy atom. The van der Waals surface area contributed by atoms with Crippen LogP contribution in [0.3, 0.4) is 0 Å². The summed E-state index contributed by atoms with van der Waals surface area (Å²) >= 11 is 6.75. The van der Waals surface area contributed by atoms with Crippen LogP contribution in [0.25, 0.3) is 0 Å². The van der Waals surface area contributed by atoms with Crippen LogP contribution in [0.4, 0.5) is 0 Å². The molecule has 0 bridgehead atoms. The fourth-order valence-corrected chi connectivity index (χ4v) is 5.25. The predicted molar refractivity (Wildman–Crippen MR) is 82.8 cm³/mol. The lowest BCUT2D eigenvalue weighted by Crippen LogP contribution is -2.51. The summed E-state index contributed by atoms with van der Waals surface area (Å²) in [5.41, 5.74) is 1.000. The molecule has 1 heterocycles. The van der Waals surface area contributed by atoms with Crippen molar-refractivity contribution < 1.29 is 8.42 Å². The molecule has 1 aliphatic rings. The van der Waals surface area contributed by atoms with E-state index in [0.717, 1.165) is 10.0 Å². The quantitative estimate of drug-likeness (QED) is 0.813. The third-order valence-corrected chi connectivity index (χ3v) is 6.84. The van der Waals surface area contributed by atoms with Crippen molar-refractivity contribution in [2.45, 2.75) is 24.8 Å². The summed E-state index contributed by atoms with van der Waals surface area (Å²) in [6.45, 7) is 5.61. The highest BCUT2D eigenvalue weighted by atomic mass is 79.9. The molecular weight excluding hydrogens is 396 g/mol. The molecule has 1 N–H and O–H groups in total. The van der Waals surface area contributed by atoms with Gasteiger partial charge in [-0.25, -0.2) is 8.42 Å². The van der Waals surface area contributed by atoms with Gasteiger partial charge in [-0.3, -0.25) is 0 Å². The number of benzene rings is 1. The molecule has 4 nitrogen and oxygen atoms in total. The van der Waals surface area contributed by atoms with Crippen LogP contribution in [0.15, 0.2) is 26.0 Å². The van der Waals surface area contributed by atoms with Gasteiger partial charge in [0.25, 0.3) is 0 Å². The Balaban J connectivity index is 2.42. The van der Waals surface area contributed by atoms with Crippen molar-refractivity contribution in [2.75, 3.05) is 19.6 Å². The minimum atomic E-state index is -3.45. The van der Waals surface area contributed by atoms with E-state index in [2.05, 4.69) is 37.2 Å². The van der Waals surface area contributed by atoms with Crippen LogP contribution in [-0.2, 0) is 10.0 Å². The molecule has 19 heavy (non-hydrogen) atoms. The van der Waals surface area contributed by atoms with Crippen LogP contribution in [0.5, 0.6) is 0 Å². The van der Waals surface area contributed by atoms with Gasteiger partial charge in [0.2, 0.25) is 10.0 Å². The van der Waals surface area contributed by atoms with E-state index < -0.39 is 10.0 Å². The molecule has 7 heteroatoms.